The van der Waals surface area contributed by atoms with Crippen molar-refractivity contribution >= 4 is 44.9 Å². The molecule has 1 N–H and O–H groups in total. The zero-order chi connectivity index (χ0) is 13.0. The van der Waals surface area contributed by atoms with Crippen LogP contribution in [-0.2, 0) is 0 Å². The molecule has 5 heteroatoms. The minimum Gasteiger partial charge on any atom is -0.350 e. The fourth-order valence-corrected chi connectivity index (χ4v) is 4.63. The topological polar surface area (TPSA) is 29.1 Å². The first-order valence-electron chi connectivity index (χ1n) is 6.24. The largest absolute Gasteiger partial charge is 0.350 e. The van der Waals surface area contributed by atoms with Crippen molar-refractivity contribution in [3.63, 3.8) is 0 Å². The number of halogens is 1. The van der Waals surface area contributed by atoms with E-state index in [1.165, 1.54) is 43.4 Å². The van der Waals surface area contributed by atoms with Crippen LogP contribution in [0.15, 0.2) is 15.9 Å². The van der Waals surface area contributed by atoms with Crippen LogP contribution in [0.1, 0.15) is 41.8 Å². The summed E-state index contributed by atoms with van der Waals surface area (Å²) in [5.41, 5.74) is 0. The molecule has 0 atom stereocenters. The Hall–Kier alpha value is -0.0000000000000000833. The molecule has 100 valence electrons. The van der Waals surface area contributed by atoms with E-state index in [-0.39, 0.29) is 10.7 Å². The lowest BCUT2D eigenvalue weighted by molar-refractivity contribution is 0.0951. The van der Waals surface area contributed by atoms with Gasteiger partial charge in [0.05, 0.1) is 8.66 Å². The molecule has 2 rings (SSSR count). The van der Waals surface area contributed by atoms with Crippen LogP contribution in [0.2, 0.25) is 0 Å². The van der Waals surface area contributed by atoms with Gasteiger partial charge in [-0.05, 0) is 47.2 Å². The van der Waals surface area contributed by atoms with Crippen molar-refractivity contribution in [2.45, 2.75) is 36.9 Å². The molecule has 1 saturated carbocycles. The van der Waals surface area contributed by atoms with Crippen molar-refractivity contribution in [1.82, 2.24) is 5.32 Å². The molecule has 1 heterocycles. The molecular weight excluding hydrogens is 330 g/mol. The number of thiophene rings is 1. The Kier molecular flexibility index (Phi) is 5.15. The fourth-order valence-electron chi connectivity index (χ4n) is 2.41. The Morgan fingerprint density at radius 1 is 1.44 bits per heavy atom. The maximum absolute atomic E-state index is 12.0. The third kappa shape index (κ3) is 3.52. The van der Waals surface area contributed by atoms with E-state index in [0.29, 0.717) is 0 Å². The molecule has 0 aliphatic heterocycles. The van der Waals surface area contributed by atoms with Crippen molar-refractivity contribution in [3.05, 3.63) is 20.8 Å². The molecule has 0 saturated heterocycles. The van der Waals surface area contributed by atoms with Crippen LogP contribution in [-0.4, -0.2) is 23.5 Å². The lowest BCUT2D eigenvalue weighted by Crippen LogP contribution is -2.41. The number of hydrogen-bond donors (Lipinski definition) is 1. The highest BCUT2D eigenvalue weighted by Gasteiger charge is 2.31. The van der Waals surface area contributed by atoms with E-state index in [2.05, 4.69) is 27.5 Å². The maximum atomic E-state index is 12.0. The van der Waals surface area contributed by atoms with E-state index in [1.807, 2.05) is 23.9 Å². The van der Waals surface area contributed by atoms with Crippen LogP contribution in [0.4, 0.5) is 0 Å². The number of carbonyl (C=O) groups is 1. The van der Waals surface area contributed by atoms with Gasteiger partial charge in [-0.15, -0.1) is 11.3 Å². The predicted molar refractivity (Wildman–Crippen MR) is 83.7 cm³/mol. The Morgan fingerprint density at radius 2 is 2.17 bits per heavy atom. The zero-order valence-electron chi connectivity index (χ0n) is 10.5. The van der Waals surface area contributed by atoms with Crippen molar-refractivity contribution < 1.29 is 4.79 Å². The molecule has 1 aromatic rings. The van der Waals surface area contributed by atoms with Crippen LogP contribution in [0, 0.1) is 0 Å². The number of hydrogen-bond acceptors (Lipinski definition) is 3. The molecule has 1 aliphatic rings. The smallest absolute Gasteiger partial charge is 0.261 e. The molecule has 0 spiro atoms. The van der Waals surface area contributed by atoms with Crippen LogP contribution in [0.5, 0.6) is 0 Å². The van der Waals surface area contributed by atoms with Crippen LogP contribution in [0.3, 0.4) is 0 Å². The summed E-state index contributed by atoms with van der Waals surface area (Å²) in [5.74, 6) is 0.0599. The second kappa shape index (κ2) is 6.44. The summed E-state index contributed by atoms with van der Waals surface area (Å²) in [5, 5.41) is 3.10. The summed E-state index contributed by atoms with van der Waals surface area (Å²) in [7, 11) is 0. The Balaban J connectivity index is 1.91. The van der Waals surface area contributed by atoms with Gasteiger partial charge in [-0.25, -0.2) is 0 Å². The Bertz CT molecular complexity index is 413. The normalized spacial score (nSPS) is 18.6. The average molecular weight is 348 g/mol. The number of rotatable bonds is 4. The van der Waals surface area contributed by atoms with Crippen molar-refractivity contribution in [2.24, 2.45) is 0 Å². The highest BCUT2D eigenvalue weighted by molar-refractivity contribution is 9.11. The molecular formula is C13H18BrNOS2. The first kappa shape index (κ1) is 14.4. The number of carbonyl (C=O) groups excluding carboxylic acids is 1. The van der Waals surface area contributed by atoms with Crippen LogP contribution < -0.4 is 5.32 Å². The second-order valence-corrected chi connectivity index (χ2v) is 8.47. The summed E-state index contributed by atoms with van der Waals surface area (Å²) in [6, 6.07) is 3.79. The molecule has 0 unspecified atom stereocenters. The van der Waals surface area contributed by atoms with E-state index < -0.39 is 0 Å². The highest BCUT2D eigenvalue weighted by atomic mass is 79.9. The van der Waals surface area contributed by atoms with Gasteiger partial charge >= 0.3 is 0 Å². The fraction of sp³-hybridized carbons (Fsp3) is 0.615. The summed E-state index contributed by atoms with van der Waals surface area (Å²) >= 11 is 6.79. The van der Waals surface area contributed by atoms with Gasteiger partial charge < -0.3 is 5.32 Å². The van der Waals surface area contributed by atoms with Crippen molar-refractivity contribution in [3.8, 4) is 0 Å². The molecule has 18 heavy (non-hydrogen) atoms. The standard InChI is InChI=1S/C13H18BrNOS2/c1-17-13(7-3-2-4-8-13)9-15-12(16)10-5-6-11(14)18-10/h5-6H,2-4,7-9H2,1H3,(H,15,16). The summed E-state index contributed by atoms with van der Waals surface area (Å²) in [4.78, 5) is 12.8. The zero-order valence-corrected chi connectivity index (χ0v) is 13.7. The molecule has 1 aromatic heterocycles. The van der Waals surface area contributed by atoms with Gasteiger partial charge in [0, 0.05) is 11.3 Å². The summed E-state index contributed by atoms with van der Waals surface area (Å²) in [6.07, 6.45) is 8.54. The maximum Gasteiger partial charge on any atom is 0.261 e. The van der Waals surface area contributed by atoms with Gasteiger partial charge in [-0.3, -0.25) is 4.79 Å². The van der Waals surface area contributed by atoms with Crippen LogP contribution in [0.25, 0.3) is 0 Å². The van der Waals surface area contributed by atoms with E-state index in [0.717, 1.165) is 15.2 Å². The van der Waals surface area contributed by atoms with Gasteiger partial charge in [0.25, 0.3) is 5.91 Å². The van der Waals surface area contributed by atoms with Gasteiger partial charge in [-0.2, -0.15) is 11.8 Å². The third-order valence-electron chi connectivity index (χ3n) is 3.57. The first-order valence-corrected chi connectivity index (χ1v) is 9.07. The molecule has 2 nitrogen and oxygen atoms in total. The quantitative estimate of drug-likeness (QED) is 0.879. The van der Waals surface area contributed by atoms with Gasteiger partial charge in [-0.1, -0.05) is 19.3 Å². The number of thioether (sulfide) groups is 1. The van der Waals surface area contributed by atoms with Crippen LogP contribution >= 0.6 is 39.0 Å². The van der Waals surface area contributed by atoms with E-state index in [9.17, 15) is 4.79 Å². The minimum atomic E-state index is 0.0599. The lowest BCUT2D eigenvalue weighted by Gasteiger charge is -2.35. The summed E-state index contributed by atoms with van der Waals surface area (Å²) < 4.78 is 1.27. The number of amides is 1. The Morgan fingerprint density at radius 3 is 2.72 bits per heavy atom. The molecule has 0 radical (unpaired) electrons. The minimum absolute atomic E-state index is 0.0599. The molecule has 0 bridgehead atoms. The lowest BCUT2D eigenvalue weighted by atomic mass is 9.88. The van der Waals surface area contributed by atoms with E-state index >= 15 is 0 Å². The van der Waals surface area contributed by atoms with Crippen molar-refractivity contribution in [1.29, 1.82) is 0 Å². The molecule has 1 amide bonds. The Labute approximate surface area is 125 Å². The van der Waals surface area contributed by atoms with Gasteiger partial charge in [0.2, 0.25) is 0 Å². The van der Waals surface area contributed by atoms with Gasteiger partial charge in [0.1, 0.15) is 0 Å². The monoisotopic (exact) mass is 347 g/mol. The van der Waals surface area contributed by atoms with E-state index in [4.69, 9.17) is 0 Å². The van der Waals surface area contributed by atoms with E-state index in [1.54, 1.807) is 0 Å². The first-order chi connectivity index (χ1) is 8.65. The summed E-state index contributed by atoms with van der Waals surface area (Å²) in [6.45, 7) is 0.794. The highest BCUT2D eigenvalue weighted by Crippen LogP contribution is 2.38. The predicted octanol–water partition coefficient (Wildman–Crippen LogP) is 4.31. The SMILES string of the molecule is CSC1(CNC(=O)c2ccc(Br)s2)CCCCC1. The van der Waals surface area contributed by atoms with Gasteiger partial charge in [0.15, 0.2) is 0 Å². The average Bonchev–Trinajstić information content (AvgIpc) is 2.84. The number of nitrogens with one attached hydrogen (secondary N) is 1. The molecule has 1 aliphatic carbocycles. The second-order valence-electron chi connectivity index (χ2n) is 4.73. The molecule has 1 fully saturated rings. The third-order valence-corrected chi connectivity index (χ3v) is 6.61. The molecule has 0 aromatic carbocycles. The van der Waals surface area contributed by atoms with Crippen molar-refractivity contribution in [2.75, 3.05) is 12.8 Å².